The van der Waals surface area contributed by atoms with Gasteiger partial charge in [0, 0.05) is 14.5 Å². The Morgan fingerprint density at radius 2 is 1.61 bits per heavy atom. The molecule has 0 aromatic heterocycles. The van der Waals surface area contributed by atoms with E-state index in [4.69, 9.17) is 6.42 Å². The quantitative estimate of drug-likeness (QED) is 0.624. The number of hydrogen-bond donors (Lipinski definition) is 0. The van der Waals surface area contributed by atoms with E-state index in [1.807, 2.05) is 12.1 Å². The van der Waals surface area contributed by atoms with Crippen LogP contribution in [0.5, 0.6) is 0 Å². The monoisotopic (exact) mass is 362 g/mol. The molecular weight excluding hydrogens is 352 g/mol. The highest BCUT2D eigenvalue weighted by Gasteiger charge is 2.08. The molecule has 0 spiro atoms. The third-order valence-corrected chi connectivity index (χ3v) is 3.86. The van der Waals surface area contributed by atoms with Gasteiger partial charge in [-0.15, -0.1) is 6.42 Å². The van der Waals surface area contributed by atoms with Crippen molar-refractivity contribution in [3.63, 3.8) is 0 Å². The number of benzene rings is 2. The number of halogens is 2. The molecule has 0 atom stereocenters. The van der Waals surface area contributed by atoms with E-state index in [2.05, 4.69) is 69.0 Å². The molecule has 2 heteroatoms. The fourth-order valence-corrected chi connectivity index (χ4v) is 2.76. The van der Waals surface area contributed by atoms with Crippen molar-refractivity contribution in [1.29, 1.82) is 0 Å². The molecule has 0 aliphatic carbocycles. The molecular formula is C16H12Br2. The van der Waals surface area contributed by atoms with Gasteiger partial charge < -0.3 is 0 Å². The molecule has 0 nitrogen and oxygen atoms in total. The van der Waals surface area contributed by atoms with E-state index >= 15 is 0 Å². The van der Waals surface area contributed by atoms with E-state index in [-0.39, 0.29) is 0 Å². The first-order chi connectivity index (χ1) is 8.65. The molecule has 0 unspecified atom stereocenters. The van der Waals surface area contributed by atoms with Gasteiger partial charge in [-0.3, -0.25) is 0 Å². The van der Waals surface area contributed by atoms with Crippen molar-refractivity contribution in [2.45, 2.75) is 13.3 Å². The number of hydrogen-bond acceptors (Lipinski definition) is 0. The Balaban J connectivity index is 2.66. The SMILES string of the molecule is C#Cc1cc(Br)ccc1-c1ccc(Br)cc1CC. The van der Waals surface area contributed by atoms with Crippen molar-refractivity contribution in [3.8, 4) is 23.5 Å². The topological polar surface area (TPSA) is 0 Å². The molecule has 0 saturated heterocycles. The molecule has 90 valence electrons. The summed E-state index contributed by atoms with van der Waals surface area (Å²) in [5.74, 6) is 2.76. The maximum absolute atomic E-state index is 5.60. The van der Waals surface area contributed by atoms with Gasteiger partial charge in [-0.1, -0.05) is 56.8 Å². The molecule has 0 amide bonds. The van der Waals surface area contributed by atoms with E-state index in [0.717, 1.165) is 26.5 Å². The van der Waals surface area contributed by atoms with Gasteiger partial charge in [0.05, 0.1) is 0 Å². The summed E-state index contributed by atoms with van der Waals surface area (Å²) in [7, 11) is 0. The standard InChI is InChI=1S/C16H12Br2/c1-3-11-9-13(17)5-7-15(11)16-8-6-14(18)10-12(16)4-2/h1,5-10H,4H2,2H3. The second kappa shape index (κ2) is 5.73. The van der Waals surface area contributed by atoms with Crippen molar-refractivity contribution in [3.05, 3.63) is 56.5 Å². The lowest BCUT2D eigenvalue weighted by Crippen LogP contribution is -1.91. The predicted molar refractivity (Wildman–Crippen MR) is 84.6 cm³/mol. The Bertz CT molecular complexity index is 621. The molecule has 18 heavy (non-hydrogen) atoms. The fourth-order valence-electron chi connectivity index (χ4n) is 1.99. The lowest BCUT2D eigenvalue weighted by Gasteiger charge is -2.11. The summed E-state index contributed by atoms with van der Waals surface area (Å²) >= 11 is 6.96. The van der Waals surface area contributed by atoms with Crippen LogP contribution in [0.2, 0.25) is 0 Å². The molecule has 0 bridgehead atoms. The second-order valence-corrected chi connectivity index (χ2v) is 5.82. The first-order valence-electron chi connectivity index (χ1n) is 5.70. The van der Waals surface area contributed by atoms with E-state index in [9.17, 15) is 0 Å². The molecule has 2 aromatic carbocycles. The minimum absolute atomic E-state index is 0.918. The lowest BCUT2D eigenvalue weighted by atomic mass is 9.94. The zero-order chi connectivity index (χ0) is 13.1. The van der Waals surface area contributed by atoms with Crippen molar-refractivity contribution < 1.29 is 0 Å². The van der Waals surface area contributed by atoms with Crippen LogP contribution in [0.4, 0.5) is 0 Å². The summed E-state index contributed by atoms with van der Waals surface area (Å²) in [6, 6.07) is 12.4. The average Bonchev–Trinajstić information content (AvgIpc) is 2.38. The number of rotatable bonds is 2. The maximum atomic E-state index is 5.60. The van der Waals surface area contributed by atoms with E-state index in [1.165, 1.54) is 11.1 Å². The Morgan fingerprint density at radius 3 is 2.22 bits per heavy atom. The predicted octanol–water partition coefficient (Wildman–Crippen LogP) is 5.42. The molecule has 0 N–H and O–H groups in total. The van der Waals surface area contributed by atoms with Gasteiger partial charge in [0.1, 0.15) is 0 Å². The first kappa shape index (κ1) is 13.4. The van der Waals surface area contributed by atoms with Gasteiger partial charge in [-0.25, -0.2) is 0 Å². The minimum Gasteiger partial charge on any atom is -0.115 e. The normalized spacial score (nSPS) is 10.1. The van der Waals surface area contributed by atoms with Gasteiger partial charge in [-0.05, 0) is 47.4 Å². The zero-order valence-electron chi connectivity index (χ0n) is 10.0. The fraction of sp³-hybridized carbons (Fsp3) is 0.125. The average molecular weight is 364 g/mol. The number of terminal acetylenes is 1. The van der Waals surface area contributed by atoms with Crippen LogP contribution in [-0.4, -0.2) is 0 Å². The van der Waals surface area contributed by atoms with Crippen molar-refractivity contribution >= 4 is 31.9 Å². The van der Waals surface area contributed by atoms with Crippen molar-refractivity contribution in [2.24, 2.45) is 0 Å². The molecule has 0 aliphatic rings. The Hall–Kier alpha value is -1.04. The summed E-state index contributed by atoms with van der Waals surface area (Å²) < 4.78 is 2.11. The largest absolute Gasteiger partial charge is 0.115 e. The molecule has 2 aromatic rings. The Labute approximate surface area is 125 Å². The maximum Gasteiger partial charge on any atom is 0.0332 e. The molecule has 0 fully saturated rings. The Morgan fingerprint density at radius 1 is 1.00 bits per heavy atom. The van der Waals surface area contributed by atoms with E-state index in [1.54, 1.807) is 0 Å². The summed E-state index contributed by atoms with van der Waals surface area (Å²) in [6.45, 7) is 2.15. The van der Waals surface area contributed by atoms with Gasteiger partial charge in [0.25, 0.3) is 0 Å². The highest BCUT2D eigenvalue weighted by molar-refractivity contribution is 9.10. The summed E-state index contributed by atoms with van der Waals surface area (Å²) in [4.78, 5) is 0. The van der Waals surface area contributed by atoms with E-state index < -0.39 is 0 Å². The molecule has 0 aliphatic heterocycles. The third-order valence-electron chi connectivity index (χ3n) is 2.88. The highest BCUT2D eigenvalue weighted by atomic mass is 79.9. The minimum atomic E-state index is 0.918. The van der Waals surface area contributed by atoms with Crippen LogP contribution < -0.4 is 0 Å². The smallest absolute Gasteiger partial charge is 0.0332 e. The van der Waals surface area contributed by atoms with Gasteiger partial charge in [-0.2, -0.15) is 0 Å². The molecule has 0 saturated carbocycles. The molecule has 0 radical (unpaired) electrons. The summed E-state index contributed by atoms with van der Waals surface area (Å²) in [5.41, 5.74) is 4.54. The van der Waals surface area contributed by atoms with Crippen LogP contribution >= 0.6 is 31.9 Å². The van der Waals surface area contributed by atoms with Crippen LogP contribution in [0.25, 0.3) is 11.1 Å². The second-order valence-electron chi connectivity index (χ2n) is 3.99. The number of aryl methyl sites for hydroxylation is 1. The van der Waals surface area contributed by atoms with Crippen LogP contribution in [0.1, 0.15) is 18.1 Å². The van der Waals surface area contributed by atoms with Gasteiger partial charge in [0.15, 0.2) is 0 Å². The first-order valence-corrected chi connectivity index (χ1v) is 7.29. The van der Waals surface area contributed by atoms with Crippen molar-refractivity contribution in [1.82, 2.24) is 0 Å². The third kappa shape index (κ3) is 2.68. The van der Waals surface area contributed by atoms with Gasteiger partial charge >= 0.3 is 0 Å². The van der Waals surface area contributed by atoms with Crippen LogP contribution in [-0.2, 0) is 6.42 Å². The highest BCUT2D eigenvalue weighted by Crippen LogP contribution is 2.31. The van der Waals surface area contributed by atoms with Crippen LogP contribution in [0.3, 0.4) is 0 Å². The van der Waals surface area contributed by atoms with Crippen LogP contribution in [0.15, 0.2) is 45.3 Å². The molecule has 2 rings (SSSR count). The summed E-state index contributed by atoms with van der Waals surface area (Å²) in [5, 5.41) is 0. The summed E-state index contributed by atoms with van der Waals surface area (Å²) in [6.07, 6.45) is 6.58. The van der Waals surface area contributed by atoms with Crippen LogP contribution in [0, 0.1) is 12.3 Å². The van der Waals surface area contributed by atoms with Gasteiger partial charge in [0.2, 0.25) is 0 Å². The lowest BCUT2D eigenvalue weighted by molar-refractivity contribution is 1.14. The molecule has 0 heterocycles. The van der Waals surface area contributed by atoms with Crippen molar-refractivity contribution in [2.75, 3.05) is 0 Å². The zero-order valence-corrected chi connectivity index (χ0v) is 13.2. The Kier molecular flexibility index (Phi) is 4.27. The van der Waals surface area contributed by atoms with E-state index in [0.29, 0.717) is 0 Å².